The molecule has 4 heteroatoms. The molecule has 1 aliphatic carbocycles. The normalized spacial score (nSPS) is 24.2. The number of likely N-dealkylation sites (N-methyl/N-ethyl adjacent to an activating group) is 2. The number of hydrogen-bond donors (Lipinski definition) is 3. The SMILES string of the molecule is CCC1(NC([SiH3])(CNC)NC)CCCCC1. The van der Waals surface area contributed by atoms with Crippen LogP contribution in [-0.2, 0) is 0 Å². The lowest BCUT2D eigenvalue weighted by molar-refractivity contribution is 0.171. The second kappa shape index (κ2) is 6.14. The fraction of sp³-hybridized carbons (Fsp3) is 1.00. The number of nitrogens with one attached hydrogen (secondary N) is 3. The van der Waals surface area contributed by atoms with Gasteiger partial charge in [-0.15, -0.1) is 0 Å². The van der Waals surface area contributed by atoms with Crippen molar-refractivity contribution in [3.05, 3.63) is 0 Å². The largest absolute Gasteiger partial charge is 0.317 e. The first kappa shape index (κ1) is 14.2. The minimum absolute atomic E-state index is 0.141. The van der Waals surface area contributed by atoms with E-state index in [9.17, 15) is 0 Å². The van der Waals surface area contributed by atoms with Crippen LogP contribution in [0.2, 0.25) is 0 Å². The molecule has 0 aromatic heterocycles. The lowest BCUT2D eigenvalue weighted by atomic mass is 9.79. The molecule has 0 aliphatic heterocycles. The summed E-state index contributed by atoms with van der Waals surface area (Å²) in [7, 11) is 5.22. The summed E-state index contributed by atoms with van der Waals surface area (Å²) in [5.41, 5.74) is 0.389. The van der Waals surface area contributed by atoms with Crippen molar-refractivity contribution in [1.82, 2.24) is 16.0 Å². The molecule has 0 amide bonds. The van der Waals surface area contributed by atoms with Crippen molar-refractivity contribution in [3.63, 3.8) is 0 Å². The first-order valence-corrected chi connectivity index (χ1v) is 7.72. The number of rotatable bonds is 6. The van der Waals surface area contributed by atoms with Gasteiger partial charge in [-0.2, -0.15) is 0 Å². The summed E-state index contributed by atoms with van der Waals surface area (Å²) < 4.78 is 0. The molecular weight excluding hydrogens is 214 g/mol. The van der Waals surface area contributed by atoms with Crippen LogP contribution in [0, 0.1) is 0 Å². The average molecular weight is 243 g/mol. The van der Waals surface area contributed by atoms with Crippen molar-refractivity contribution in [2.45, 2.75) is 56.3 Å². The Hall–Kier alpha value is 0.0969. The van der Waals surface area contributed by atoms with Gasteiger partial charge in [0.1, 0.15) is 0 Å². The molecule has 0 heterocycles. The van der Waals surface area contributed by atoms with Gasteiger partial charge in [0.2, 0.25) is 0 Å². The molecule has 0 saturated heterocycles. The lowest BCUT2D eigenvalue weighted by Gasteiger charge is -2.45. The zero-order valence-electron chi connectivity index (χ0n) is 11.4. The van der Waals surface area contributed by atoms with Crippen LogP contribution in [0.15, 0.2) is 0 Å². The highest BCUT2D eigenvalue weighted by molar-refractivity contribution is 6.15. The third-order valence-electron chi connectivity index (χ3n) is 4.11. The van der Waals surface area contributed by atoms with Gasteiger partial charge in [-0.05, 0) is 33.4 Å². The minimum Gasteiger partial charge on any atom is -0.317 e. The smallest absolute Gasteiger partial charge is 0.0598 e. The van der Waals surface area contributed by atoms with Crippen molar-refractivity contribution in [3.8, 4) is 0 Å². The topological polar surface area (TPSA) is 36.1 Å². The van der Waals surface area contributed by atoms with Crippen LogP contribution >= 0.6 is 0 Å². The highest BCUT2D eigenvalue weighted by Crippen LogP contribution is 2.31. The summed E-state index contributed by atoms with van der Waals surface area (Å²) in [5, 5.41) is 10.8. The summed E-state index contributed by atoms with van der Waals surface area (Å²) in [6.45, 7) is 3.34. The molecule has 1 saturated carbocycles. The van der Waals surface area contributed by atoms with Crippen molar-refractivity contribution < 1.29 is 0 Å². The van der Waals surface area contributed by atoms with Gasteiger partial charge < -0.3 is 10.6 Å². The molecule has 16 heavy (non-hydrogen) atoms. The predicted octanol–water partition coefficient (Wildman–Crippen LogP) is 0.147. The summed E-state index contributed by atoms with van der Waals surface area (Å²) in [5.74, 6) is 0. The Morgan fingerprint density at radius 2 is 1.81 bits per heavy atom. The van der Waals surface area contributed by atoms with E-state index in [1.54, 1.807) is 0 Å². The van der Waals surface area contributed by atoms with E-state index in [0.29, 0.717) is 5.54 Å². The molecule has 3 nitrogen and oxygen atoms in total. The van der Waals surface area contributed by atoms with E-state index < -0.39 is 0 Å². The van der Waals surface area contributed by atoms with E-state index in [-0.39, 0.29) is 5.29 Å². The van der Waals surface area contributed by atoms with Crippen LogP contribution < -0.4 is 16.0 Å². The molecule has 0 aromatic carbocycles. The van der Waals surface area contributed by atoms with Crippen LogP contribution in [-0.4, -0.2) is 41.7 Å². The van der Waals surface area contributed by atoms with Crippen LogP contribution in [0.5, 0.6) is 0 Å². The summed E-state index contributed by atoms with van der Waals surface area (Å²) in [4.78, 5) is 0. The maximum Gasteiger partial charge on any atom is 0.0598 e. The first-order valence-electron chi connectivity index (χ1n) is 6.72. The Morgan fingerprint density at radius 1 is 1.19 bits per heavy atom. The molecule has 1 atom stereocenters. The summed E-state index contributed by atoms with van der Waals surface area (Å²) in [6.07, 6.45) is 8.15. The molecule has 0 radical (unpaired) electrons. The maximum atomic E-state index is 3.93. The van der Waals surface area contributed by atoms with Crippen molar-refractivity contribution in [2.75, 3.05) is 20.6 Å². The predicted molar refractivity (Wildman–Crippen MR) is 74.9 cm³/mol. The van der Waals surface area contributed by atoms with Crippen LogP contribution in [0.25, 0.3) is 0 Å². The van der Waals surface area contributed by atoms with Crippen molar-refractivity contribution in [2.24, 2.45) is 0 Å². The standard InChI is InChI=1S/C12H29N3Si/c1-4-11(8-6-5-7-9-11)15-12(16,14-3)10-13-2/h13-15H,4-10H2,1-3,16H3. The quantitative estimate of drug-likeness (QED) is 0.459. The van der Waals surface area contributed by atoms with Gasteiger partial charge >= 0.3 is 0 Å². The maximum absolute atomic E-state index is 3.93. The molecule has 1 unspecified atom stereocenters. The first-order chi connectivity index (χ1) is 7.60. The van der Waals surface area contributed by atoms with Gasteiger partial charge in [-0.3, -0.25) is 5.32 Å². The van der Waals surface area contributed by atoms with E-state index in [4.69, 9.17) is 0 Å². The zero-order valence-corrected chi connectivity index (χ0v) is 13.4. The fourth-order valence-corrected chi connectivity index (χ4v) is 3.81. The molecule has 1 fully saturated rings. The van der Waals surface area contributed by atoms with Crippen molar-refractivity contribution >= 4 is 10.2 Å². The summed E-state index contributed by atoms with van der Waals surface area (Å²) >= 11 is 0. The zero-order chi connectivity index (χ0) is 12.1. The second-order valence-corrected chi connectivity index (χ2v) is 7.14. The van der Waals surface area contributed by atoms with E-state index in [2.05, 4.69) is 29.9 Å². The fourth-order valence-electron chi connectivity index (χ4n) is 2.93. The Morgan fingerprint density at radius 3 is 2.25 bits per heavy atom. The molecule has 0 bridgehead atoms. The molecule has 1 rings (SSSR count). The van der Waals surface area contributed by atoms with Gasteiger partial charge in [-0.1, -0.05) is 26.2 Å². The minimum atomic E-state index is 0.141. The van der Waals surface area contributed by atoms with Crippen LogP contribution in [0.4, 0.5) is 0 Å². The lowest BCUT2D eigenvalue weighted by Crippen LogP contribution is -2.68. The molecule has 1 aliphatic rings. The van der Waals surface area contributed by atoms with Gasteiger partial charge in [0.25, 0.3) is 0 Å². The van der Waals surface area contributed by atoms with Gasteiger partial charge in [0, 0.05) is 22.3 Å². The Bertz CT molecular complexity index is 204. The Kier molecular flexibility index (Phi) is 5.44. The van der Waals surface area contributed by atoms with Gasteiger partial charge in [0.05, 0.1) is 5.29 Å². The Labute approximate surface area is 104 Å². The molecular formula is C12H29N3Si. The van der Waals surface area contributed by atoms with E-state index in [1.807, 2.05) is 7.05 Å². The van der Waals surface area contributed by atoms with Crippen LogP contribution in [0.1, 0.15) is 45.4 Å². The third-order valence-corrected chi connectivity index (χ3v) is 5.21. The summed E-state index contributed by atoms with van der Waals surface area (Å²) in [6, 6.07) is 0. The average Bonchev–Trinajstić information content (AvgIpc) is 2.30. The monoisotopic (exact) mass is 243 g/mol. The van der Waals surface area contributed by atoms with E-state index >= 15 is 0 Å². The molecule has 0 aromatic rings. The second-order valence-electron chi connectivity index (χ2n) is 5.43. The third kappa shape index (κ3) is 3.55. The molecule has 0 spiro atoms. The molecule has 3 N–H and O–H groups in total. The van der Waals surface area contributed by atoms with Crippen molar-refractivity contribution in [1.29, 1.82) is 0 Å². The highest BCUT2D eigenvalue weighted by Gasteiger charge is 2.35. The van der Waals surface area contributed by atoms with E-state index in [1.165, 1.54) is 38.5 Å². The van der Waals surface area contributed by atoms with E-state index in [0.717, 1.165) is 16.8 Å². The van der Waals surface area contributed by atoms with Gasteiger partial charge in [-0.25, -0.2) is 0 Å². The number of hydrogen-bond acceptors (Lipinski definition) is 3. The Balaban J connectivity index is 2.65. The van der Waals surface area contributed by atoms with Crippen LogP contribution in [0.3, 0.4) is 0 Å². The molecule has 96 valence electrons. The highest BCUT2D eigenvalue weighted by atomic mass is 28.1. The van der Waals surface area contributed by atoms with Gasteiger partial charge in [0.15, 0.2) is 0 Å².